The van der Waals surface area contributed by atoms with Crippen LogP contribution in [0, 0.1) is 15.9 Å². The van der Waals surface area contributed by atoms with Crippen molar-refractivity contribution in [2.45, 2.75) is 23.5 Å². The molecule has 1 atom stereocenters. The van der Waals surface area contributed by atoms with E-state index in [0.717, 1.165) is 33.4 Å². The summed E-state index contributed by atoms with van der Waals surface area (Å²) in [6, 6.07) is 10.9. The Kier molecular flexibility index (Phi) is 5.59. The van der Waals surface area contributed by atoms with Crippen molar-refractivity contribution in [2.75, 3.05) is 13.1 Å². The van der Waals surface area contributed by atoms with Gasteiger partial charge in [0.05, 0.1) is 10.2 Å². The van der Waals surface area contributed by atoms with Gasteiger partial charge in [0.2, 0.25) is 5.91 Å². The zero-order valence-electron chi connectivity index (χ0n) is 16.3. The fourth-order valence-electron chi connectivity index (χ4n) is 3.64. The number of fused-ring (bicyclic) bond motifs is 1. The summed E-state index contributed by atoms with van der Waals surface area (Å²) in [6.45, 7) is 2.98. The number of aromatic nitrogens is 1. The lowest BCUT2D eigenvalue weighted by molar-refractivity contribution is -0.384. The Bertz CT molecular complexity index is 1140. The number of non-ortho nitro benzene ring substituents is 1. The minimum absolute atomic E-state index is 0.0343. The molecule has 1 unspecified atom stereocenters. The molecule has 0 saturated heterocycles. The number of hydrogen-bond acceptors (Lipinski definition) is 4. The highest BCUT2D eigenvalue weighted by Gasteiger charge is 2.24. The van der Waals surface area contributed by atoms with E-state index in [4.69, 9.17) is 0 Å². The summed E-state index contributed by atoms with van der Waals surface area (Å²) in [5, 5.41) is 11.4. The van der Waals surface area contributed by atoms with E-state index in [1.165, 1.54) is 36.0 Å². The van der Waals surface area contributed by atoms with E-state index in [-0.39, 0.29) is 22.7 Å². The first-order chi connectivity index (χ1) is 14.4. The topological polar surface area (TPSA) is 79.2 Å². The zero-order chi connectivity index (χ0) is 21.3. The average molecular weight is 425 g/mol. The van der Waals surface area contributed by atoms with Gasteiger partial charge in [-0.25, -0.2) is 4.39 Å². The predicted molar refractivity (Wildman–Crippen MR) is 116 cm³/mol. The molecule has 1 N–H and O–H groups in total. The number of nitrogens with one attached hydrogen (secondary N) is 1. The molecule has 8 heteroatoms. The second kappa shape index (κ2) is 8.31. The molecule has 1 aromatic heterocycles. The summed E-state index contributed by atoms with van der Waals surface area (Å²) in [6.07, 6.45) is 4.67. The van der Waals surface area contributed by atoms with Crippen LogP contribution in [-0.2, 0) is 4.79 Å². The van der Waals surface area contributed by atoms with Gasteiger partial charge < -0.3 is 9.88 Å². The van der Waals surface area contributed by atoms with Gasteiger partial charge >= 0.3 is 0 Å². The molecule has 4 rings (SSSR count). The molecule has 1 aliphatic heterocycles. The lowest BCUT2D eigenvalue weighted by Crippen LogP contribution is -2.39. The molecule has 0 aliphatic carbocycles. The Morgan fingerprint density at radius 3 is 2.70 bits per heavy atom. The number of thioether (sulfide) groups is 1. The second-order valence-electron chi connectivity index (χ2n) is 7.17. The maximum absolute atomic E-state index is 13.4. The number of hydrogen-bond donors (Lipinski definition) is 1. The van der Waals surface area contributed by atoms with Crippen molar-refractivity contribution >= 4 is 39.8 Å². The fraction of sp³-hybridized carbons (Fsp3) is 0.227. The van der Waals surface area contributed by atoms with Gasteiger partial charge in [-0.05, 0) is 49.2 Å². The lowest BCUT2D eigenvalue weighted by atomic mass is 9.99. The van der Waals surface area contributed by atoms with Crippen molar-refractivity contribution in [3.05, 3.63) is 76.2 Å². The maximum atomic E-state index is 13.4. The number of halogens is 1. The Labute approximate surface area is 176 Å². The quantitative estimate of drug-likeness (QED) is 0.354. The molecule has 0 fully saturated rings. The van der Waals surface area contributed by atoms with Gasteiger partial charge in [0.25, 0.3) is 5.69 Å². The van der Waals surface area contributed by atoms with Gasteiger partial charge in [0.15, 0.2) is 0 Å². The van der Waals surface area contributed by atoms with Crippen LogP contribution >= 0.6 is 11.8 Å². The molecule has 2 heterocycles. The van der Waals surface area contributed by atoms with E-state index >= 15 is 0 Å². The fourth-order valence-corrected chi connectivity index (χ4v) is 4.59. The molecule has 1 amide bonds. The number of nitro benzene ring substituents is 1. The molecule has 0 radical (unpaired) electrons. The van der Waals surface area contributed by atoms with Gasteiger partial charge in [0, 0.05) is 52.8 Å². The number of carbonyl (C=O) groups is 1. The highest BCUT2D eigenvalue weighted by molar-refractivity contribution is 8.00. The third-order valence-corrected chi connectivity index (χ3v) is 6.32. The van der Waals surface area contributed by atoms with Crippen LogP contribution < -0.4 is 0 Å². The van der Waals surface area contributed by atoms with Crippen molar-refractivity contribution < 1.29 is 14.1 Å². The largest absolute Gasteiger partial charge is 0.360 e. The SMILES string of the molecule is CC(Sc1ccc([N+](=O)[O-])cc1)C(=O)N1CC=C(c2c[nH]c3cc(F)ccc23)CC1. The molecule has 3 aromatic rings. The van der Waals surface area contributed by atoms with Crippen LogP contribution in [-0.4, -0.2) is 39.1 Å². The van der Waals surface area contributed by atoms with Gasteiger partial charge in [-0.3, -0.25) is 14.9 Å². The van der Waals surface area contributed by atoms with Gasteiger partial charge in [-0.1, -0.05) is 6.08 Å². The summed E-state index contributed by atoms with van der Waals surface area (Å²) in [5.74, 6) is -0.237. The molecule has 0 saturated carbocycles. The molecule has 0 spiro atoms. The van der Waals surface area contributed by atoms with Crippen LogP contribution in [0.15, 0.2) is 59.6 Å². The van der Waals surface area contributed by atoms with Crippen molar-refractivity contribution in [3.8, 4) is 0 Å². The molecule has 6 nitrogen and oxygen atoms in total. The number of nitro groups is 1. The monoisotopic (exact) mass is 425 g/mol. The van der Waals surface area contributed by atoms with Crippen molar-refractivity contribution in [3.63, 3.8) is 0 Å². The summed E-state index contributed by atoms with van der Waals surface area (Å²) < 4.78 is 13.4. The van der Waals surface area contributed by atoms with Crippen LogP contribution in [0.4, 0.5) is 10.1 Å². The van der Waals surface area contributed by atoms with E-state index in [1.54, 1.807) is 18.2 Å². The van der Waals surface area contributed by atoms with Gasteiger partial charge in [0.1, 0.15) is 5.82 Å². The number of nitrogens with zero attached hydrogens (tertiary/aromatic N) is 2. The van der Waals surface area contributed by atoms with Gasteiger partial charge in [-0.15, -0.1) is 11.8 Å². The van der Waals surface area contributed by atoms with Gasteiger partial charge in [-0.2, -0.15) is 0 Å². The van der Waals surface area contributed by atoms with E-state index in [2.05, 4.69) is 11.1 Å². The van der Waals surface area contributed by atoms with E-state index in [9.17, 15) is 19.3 Å². The van der Waals surface area contributed by atoms with Crippen LogP contribution in [0.25, 0.3) is 16.5 Å². The molecule has 1 aliphatic rings. The molecule has 0 bridgehead atoms. The standard InChI is InChI=1S/C22H20FN3O3S/c1-14(30-18-5-3-17(4-6-18)26(28)29)22(27)25-10-8-15(9-11-25)20-13-24-21-12-16(23)2-7-19(20)21/h2-8,12-14,24H,9-11H2,1H3. The third kappa shape index (κ3) is 4.09. The minimum atomic E-state index is -0.440. The molecule has 2 aromatic carbocycles. The Balaban J connectivity index is 1.41. The molecular weight excluding hydrogens is 405 g/mol. The second-order valence-corrected chi connectivity index (χ2v) is 8.58. The van der Waals surface area contributed by atoms with Crippen LogP contribution in [0.3, 0.4) is 0 Å². The first-order valence-corrected chi connectivity index (χ1v) is 10.5. The summed E-state index contributed by atoms with van der Waals surface area (Å²) in [7, 11) is 0. The molecule has 30 heavy (non-hydrogen) atoms. The normalized spacial score (nSPS) is 15.1. The molecular formula is C22H20FN3O3S. The van der Waals surface area contributed by atoms with E-state index in [0.29, 0.717) is 13.1 Å². The van der Waals surface area contributed by atoms with E-state index in [1.807, 2.05) is 18.0 Å². The van der Waals surface area contributed by atoms with Crippen LogP contribution in [0.2, 0.25) is 0 Å². The number of amides is 1. The highest BCUT2D eigenvalue weighted by atomic mass is 32.2. The minimum Gasteiger partial charge on any atom is -0.360 e. The predicted octanol–water partition coefficient (Wildman–Crippen LogP) is 5.01. The lowest BCUT2D eigenvalue weighted by Gasteiger charge is -2.28. The number of aromatic amines is 1. The Morgan fingerprint density at radius 1 is 1.27 bits per heavy atom. The Morgan fingerprint density at radius 2 is 2.03 bits per heavy atom. The average Bonchev–Trinajstić information content (AvgIpc) is 3.16. The summed E-state index contributed by atoms with van der Waals surface area (Å²) in [5.41, 5.74) is 2.99. The summed E-state index contributed by atoms with van der Waals surface area (Å²) in [4.78, 5) is 28.9. The number of rotatable bonds is 5. The first kappa shape index (κ1) is 20.2. The van der Waals surface area contributed by atoms with Crippen LogP contribution in [0.5, 0.6) is 0 Å². The van der Waals surface area contributed by atoms with Crippen LogP contribution in [0.1, 0.15) is 18.9 Å². The number of carbonyl (C=O) groups excluding carboxylic acids is 1. The maximum Gasteiger partial charge on any atom is 0.269 e. The summed E-state index contributed by atoms with van der Waals surface area (Å²) >= 11 is 1.39. The number of benzene rings is 2. The number of H-pyrrole nitrogens is 1. The van der Waals surface area contributed by atoms with Crippen molar-refractivity contribution in [1.29, 1.82) is 0 Å². The van der Waals surface area contributed by atoms with E-state index < -0.39 is 4.92 Å². The zero-order valence-corrected chi connectivity index (χ0v) is 17.1. The highest BCUT2D eigenvalue weighted by Crippen LogP contribution is 2.31. The first-order valence-electron chi connectivity index (χ1n) is 9.58. The smallest absolute Gasteiger partial charge is 0.269 e. The third-order valence-electron chi connectivity index (χ3n) is 5.22. The van der Waals surface area contributed by atoms with Crippen molar-refractivity contribution in [1.82, 2.24) is 9.88 Å². The molecule has 154 valence electrons. The van der Waals surface area contributed by atoms with Crippen molar-refractivity contribution in [2.24, 2.45) is 0 Å². The Hall–Kier alpha value is -3.13.